The lowest BCUT2D eigenvalue weighted by Gasteiger charge is -2.13. The van der Waals surface area contributed by atoms with Crippen LogP contribution in [-0.4, -0.2) is 39.1 Å². The van der Waals surface area contributed by atoms with Crippen molar-refractivity contribution in [1.29, 1.82) is 0 Å². The van der Waals surface area contributed by atoms with Crippen LogP contribution in [0.1, 0.15) is 25.7 Å². The number of ether oxygens (including phenoxy) is 2. The van der Waals surface area contributed by atoms with Crippen LogP contribution < -0.4 is 0 Å². The van der Waals surface area contributed by atoms with E-state index in [1.54, 1.807) is 0 Å². The van der Waals surface area contributed by atoms with Crippen LogP contribution in [0, 0.1) is 0 Å². The molecule has 2 rings (SSSR count). The summed E-state index contributed by atoms with van der Waals surface area (Å²) in [5.74, 6) is 0. The maximum absolute atomic E-state index is 11.2. The fraction of sp³-hybridized carbons (Fsp3) is 1.00. The second-order valence-electron chi connectivity index (χ2n) is 4.23. The van der Waals surface area contributed by atoms with Gasteiger partial charge in [0.2, 0.25) is 9.05 Å². The van der Waals surface area contributed by atoms with Crippen molar-refractivity contribution < 1.29 is 17.9 Å². The summed E-state index contributed by atoms with van der Waals surface area (Å²) >= 11 is 0. The molecule has 0 aromatic rings. The molecule has 15 heavy (non-hydrogen) atoms. The van der Waals surface area contributed by atoms with Crippen molar-refractivity contribution in [2.24, 2.45) is 0 Å². The van der Waals surface area contributed by atoms with Crippen LogP contribution >= 0.6 is 10.7 Å². The van der Waals surface area contributed by atoms with Gasteiger partial charge >= 0.3 is 0 Å². The molecule has 4 nitrogen and oxygen atoms in total. The van der Waals surface area contributed by atoms with Gasteiger partial charge in [-0.2, -0.15) is 0 Å². The number of hydrogen-bond donors (Lipinski definition) is 0. The first-order valence-electron chi connectivity index (χ1n) is 5.17. The van der Waals surface area contributed by atoms with Crippen LogP contribution in [0.2, 0.25) is 0 Å². The SMILES string of the molecule is O=S(=O)(Cl)C1(CCOC2CCOC2)CC1. The summed E-state index contributed by atoms with van der Waals surface area (Å²) in [6.07, 6.45) is 2.89. The molecule has 0 aromatic carbocycles. The van der Waals surface area contributed by atoms with Gasteiger partial charge in [0.25, 0.3) is 0 Å². The average molecular weight is 255 g/mol. The topological polar surface area (TPSA) is 52.6 Å². The predicted molar refractivity (Wildman–Crippen MR) is 56.5 cm³/mol. The Morgan fingerprint density at radius 2 is 2.20 bits per heavy atom. The third kappa shape index (κ3) is 2.64. The molecule has 88 valence electrons. The van der Waals surface area contributed by atoms with E-state index in [1.807, 2.05) is 0 Å². The molecule has 0 radical (unpaired) electrons. The number of rotatable bonds is 5. The first-order chi connectivity index (χ1) is 7.04. The molecule has 1 heterocycles. The van der Waals surface area contributed by atoms with Gasteiger partial charge in [0.1, 0.15) is 0 Å². The Morgan fingerprint density at radius 3 is 2.67 bits per heavy atom. The standard InChI is InChI=1S/C9H15ClO4S/c10-15(11,12)9(2-3-9)4-6-14-8-1-5-13-7-8/h8H,1-7H2. The van der Waals surface area contributed by atoms with Crippen molar-refractivity contribution in [3.63, 3.8) is 0 Å². The van der Waals surface area contributed by atoms with Crippen LogP contribution in [0.5, 0.6) is 0 Å². The third-order valence-corrected chi connectivity index (χ3v) is 5.75. The monoisotopic (exact) mass is 254 g/mol. The molecule has 0 amide bonds. The molecule has 1 aliphatic carbocycles. The maximum atomic E-state index is 11.2. The van der Waals surface area contributed by atoms with Crippen molar-refractivity contribution in [2.75, 3.05) is 19.8 Å². The lowest BCUT2D eigenvalue weighted by atomic mass is 10.3. The van der Waals surface area contributed by atoms with Crippen molar-refractivity contribution in [1.82, 2.24) is 0 Å². The van der Waals surface area contributed by atoms with Gasteiger partial charge in [-0.05, 0) is 25.7 Å². The number of halogens is 1. The minimum absolute atomic E-state index is 0.138. The minimum atomic E-state index is -3.43. The molecule has 0 aromatic heterocycles. The van der Waals surface area contributed by atoms with Crippen LogP contribution in [0.15, 0.2) is 0 Å². The van der Waals surface area contributed by atoms with Crippen LogP contribution in [0.4, 0.5) is 0 Å². The zero-order valence-corrected chi connectivity index (χ0v) is 10.0. The molecule has 1 aliphatic heterocycles. The summed E-state index contributed by atoms with van der Waals surface area (Å²) in [4.78, 5) is 0. The molecular weight excluding hydrogens is 240 g/mol. The Bertz CT molecular complexity index is 317. The Kier molecular flexibility index (Phi) is 3.26. The Hall–Kier alpha value is 0.160. The minimum Gasteiger partial charge on any atom is -0.379 e. The summed E-state index contributed by atoms with van der Waals surface area (Å²) in [5.41, 5.74) is 0. The summed E-state index contributed by atoms with van der Waals surface area (Å²) in [5, 5.41) is 0. The van der Waals surface area contributed by atoms with E-state index in [9.17, 15) is 8.42 Å². The maximum Gasteiger partial charge on any atom is 0.238 e. The van der Waals surface area contributed by atoms with E-state index in [-0.39, 0.29) is 6.10 Å². The largest absolute Gasteiger partial charge is 0.379 e. The first kappa shape index (κ1) is 11.6. The van der Waals surface area contributed by atoms with Gasteiger partial charge in [-0.3, -0.25) is 0 Å². The van der Waals surface area contributed by atoms with Crippen LogP contribution in [0.25, 0.3) is 0 Å². The van der Waals surface area contributed by atoms with Crippen molar-refractivity contribution >= 4 is 19.7 Å². The quantitative estimate of drug-likeness (QED) is 0.694. The molecule has 0 spiro atoms. The van der Waals surface area contributed by atoms with E-state index in [1.165, 1.54) is 0 Å². The Labute approximate surface area is 94.3 Å². The highest BCUT2D eigenvalue weighted by atomic mass is 35.7. The lowest BCUT2D eigenvalue weighted by molar-refractivity contribution is 0.0405. The van der Waals surface area contributed by atoms with E-state index < -0.39 is 13.8 Å². The van der Waals surface area contributed by atoms with Crippen LogP contribution in [-0.2, 0) is 18.5 Å². The van der Waals surface area contributed by atoms with Gasteiger partial charge in [-0.25, -0.2) is 8.42 Å². The summed E-state index contributed by atoms with van der Waals surface area (Å²) < 4.78 is 32.4. The van der Waals surface area contributed by atoms with E-state index in [0.717, 1.165) is 13.0 Å². The molecule has 6 heteroatoms. The predicted octanol–water partition coefficient (Wildman–Crippen LogP) is 1.28. The molecule has 1 atom stereocenters. The molecule has 1 unspecified atom stereocenters. The third-order valence-electron chi connectivity index (χ3n) is 3.12. The summed E-state index contributed by atoms with van der Waals surface area (Å²) in [7, 11) is 1.95. The van der Waals surface area contributed by atoms with Crippen molar-refractivity contribution in [2.45, 2.75) is 36.5 Å². The number of hydrogen-bond acceptors (Lipinski definition) is 4. The highest BCUT2D eigenvalue weighted by Gasteiger charge is 2.53. The molecule has 2 aliphatic rings. The van der Waals surface area contributed by atoms with Gasteiger partial charge in [-0.1, -0.05) is 0 Å². The lowest BCUT2D eigenvalue weighted by Crippen LogP contribution is -2.22. The highest BCUT2D eigenvalue weighted by Crippen LogP contribution is 2.48. The fourth-order valence-electron chi connectivity index (χ4n) is 1.81. The van der Waals surface area contributed by atoms with E-state index in [4.69, 9.17) is 20.2 Å². The van der Waals surface area contributed by atoms with Crippen LogP contribution in [0.3, 0.4) is 0 Å². The van der Waals surface area contributed by atoms with E-state index in [0.29, 0.717) is 32.5 Å². The molecule has 0 bridgehead atoms. The Balaban J connectivity index is 1.74. The van der Waals surface area contributed by atoms with E-state index >= 15 is 0 Å². The molecule has 1 saturated heterocycles. The fourth-order valence-corrected chi connectivity index (χ4v) is 3.42. The van der Waals surface area contributed by atoms with Crippen molar-refractivity contribution in [3.05, 3.63) is 0 Å². The molecule has 0 N–H and O–H groups in total. The summed E-state index contributed by atoms with van der Waals surface area (Å²) in [6.45, 7) is 1.82. The van der Waals surface area contributed by atoms with Gasteiger partial charge in [0.05, 0.1) is 17.5 Å². The van der Waals surface area contributed by atoms with Gasteiger partial charge in [-0.15, -0.1) is 0 Å². The Morgan fingerprint density at radius 1 is 1.47 bits per heavy atom. The van der Waals surface area contributed by atoms with E-state index in [2.05, 4.69) is 0 Å². The average Bonchev–Trinajstić information content (AvgIpc) is 2.75. The molecule has 2 fully saturated rings. The molecule has 1 saturated carbocycles. The second-order valence-corrected chi connectivity index (χ2v) is 7.19. The zero-order chi connectivity index (χ0) is 10.9. The highest BCUT2D eigenvalue weighted by molar-refractivity contribution is 8.15. The normalized spacial score (nSPS) is 29.3. The van der Waals surface area contributed by atoms with Gasteiger partial charge < -0.3 is 9.47 Å². The van der Waals surface area contributed by atoms with Crippen molar-refractivity contribution in [3.8, 4) is 0 Å². The molecular formula is C9H15ClO4S. The van der Waals surface area contributed by atoms with Gasteiger partial charge in [0, 0.05) is 23.9 Å². The second kappa shape index (κ2) is 4.20. The summed E-state index contributed by atoms with van der Waals surface area (Å²) in [6, 6.07) is 0. The zero-order valence-electron chi connectivity index (χ0n) is 8.45. The van der Waals surface area contributed by atoms with Gasteiger partial charge in [0.15, 0.2) is 0 Å². The first-order valence-corrected chi connectivity index (χ1v) is 7.48. The smallest absolute Gasteiger partial charge is 0.238 e.